The molecule has 2 atom stereocenters. The van der Waals surface area contributed by atoms with Gasteiger partial charge in [-0.25, -0.2) is 36.5 Å². The number of pyridine rings is 1. The number of aromatic nitrogens is 1. The standard InChI is InChI=1S/C18H25F3N6O3S/c1-17(2,3)30-16(28)25-15-26-18(14(20)21,13-11(19)6-7-12(22)24-13)10-31(29)23-8-4-5-9-27(15)31/h6-7,14H,4-5,8-10H2,1-3H3,(H2,22,24)(H,25,26,28)/t18-,31?/m0/s1. The van der Waals surface area contributed by atoms with Crippen molar-refractivity contribution in [2.45, 2.75) is 51.2 Å². The SMILES string of the molecule is CC(C)(C)OC(=O)NC1=N[C@@](c2nc(N)ccc2F)(C(F)F)CS2(=O)=NCCCCN12. The fourth-order valence-corrected chi connectivity index (χ4v) is 5.77. The molecular weight excluding hydrogens is 437 g/mol. The number of nitrogen functional groups attached to an aromatic ring is 1. The molecule has 0 bridgehead atoms. The predicted molar refractivity (Wildman–Crippen MR) is 109 cm³/mol. The van der Waals surface area contributed by atoms with Gasteiger partial charge in [0.1, 0.15) is 32.8 Å². The van der Waals surface area contributed by atoms with Crippen molar-refractivity contribution in [3.05, 3.63) is 23.6 Å². The minimum atomic E-state index is -3.51. The average molecular weight is 462 g/mol. The topological polar surface area (TPSA) is 122 Å². The van der Waals surface area contributed by atoms with E-state index < -0.39 is 56.8 Å². The third kappa shape index (κ3) is 4.70. The van der Waals surface area contributed by atoms with Crippen LogP contribution in [0.1, 0.15) is 39.3 Å². The molecule has 172 valence electrons. The molecule has 0 saturated heterocycles. The fraction of sp³-hybridized carbons (Fsp3) is 0.611. The first kappa shape index (κ1) is 23.1. The van der Waals surface area contributed by atoms with Crippen LogP contribution in [-0.2, 0) is 20.2 Å². The second-order valence-corrected chi connectivity index (χ2v) is 10.5. The molecule has 1 aromatic rings. The molecule has 9 nitrogen and oxygen atoms in total. The van der Waals surface area contributed by atoms with Crippen LogP contribution in [0.4, 0.5) is 23.8 Å². The Kier molecular flexibility index (Phi) is 6.09. The molecule has 2 aliphatic rings. The molecule has 13 heteroatoms. The Balaban J connectivity index is 2.20. The van der Waals surface area contributed by atoms with Gasteiger partial charge in [0.15, 0.2) is 5.54 Å². The molecule has 0 aromatic carbocycles. The molecule has 3 rings (SSSR count). The first-order chi connectivity index (χ1) is 14.4. The van der Waals surface area contributed by atoms with Crippen molar-refractivity contribution in [3.8, 4) is 0 Å². The van der Waals surface area contributed by atoms with Crippen LogP contribution in [0.3, 0.4) is 0 Å². The maximum atomic E-state index is 14.6. The molecular formula is C18H25F3N6O3S. The van der Waals surface area contributed by atoms with Crippen molar-refractivity contribution in [2.24, 2.45) is 9.36 Å². The Hall–Kier alpha value is -2.57. The number of nitrogens with two attached hydrogens (primary N) is 1. The molecule has 0 fully saturated rings. The number of nitrogens with one attached hydrogen (secondary N) is 1. The van der Waals surface area contributed by atoms with Gasteiger partial charge in [-0.2, -0.15) is 0 Å². The molecule has 0 saturated carbocycles. The van der Waals surface area contributed by atoms with E-state index in [0.29, 0.717) is 12.8 Å². The zero-order valence-electron chi connectivity index (χ0n) is 17.4. The highest BCUT2D eigenvalue weighted by molar-refractivity contribution is 7.92. The van der Waals surface area contributed by atoms with Crippen LogP contribution < -0.4 is 11.1 Å². The number of amides is 1. The summed E-state index contributed by atoms with van der Waals surface area (Å²) in [6, 6.07) is 2.01. The smallest absolute Gasteiger partial charge is 0.414 e. The highest BCUT2D eigenvalue weighted by Crippen LogP contribution is 2.40. The lowest BCUT2D eigenvalue weighted by molar-refractivity contribution is 0.0526. The van der Waals surface area contributed by atoms with Gasteiger partial charge in [-0.15, -0.1) is 0 Å². The number of carbonyl (C=O) groups excluding carboxylic acids is 1. The summed E-state index contributed by atoms with van der Waals surface area (Å²) in [5.74, 6) is -2.52. The molecule has 3 heterocycles. The van der Waals surface area contributed by atoms with E-state index in [2.05, 4.69) is 19.7 Å². The van der Waals surface area contributed by atoms with Gasteiger partial charge in [0.25, 0.3) is 6.43 Å². The van der Waals surface area contributed by atoms with Gasteiger partial charge in [0, 0.05) is 6.54 Å². The zero-order chi connectivity index (χ0) is 23.0. The number of rotatable bonds is 2. The highest BCUT2D eigenvalue weighted by atomic mass is 32.2. The van der Waals surface area contributed by atoms with Gasteiger partial charge in [-0.05, 0) is 45.7 Å². The number of anilines is 1. The zero-order valence-corrected chi connectivity index (χ0v) is 18.2. The number of alkyl carbamates (subject to hydrolysis) is 1. The normalized spacial score (nSPS) is 26.4. The van der Waals surface area contributed by atoms with E-state index in [0.717, 1.165) is 12.1 Å². The predicted octanol–water partition coefficient (Wildman–Crippen LogP) is 2.64. The van der Waals surface area contributed by atoms with E-state index in [1.54, 1.807) is 20.8 Å². The monoisotopic (exact) mass is 462 g/mol. The van der Waals surface area contributed by atoms with E-state index >= 15 is 0 Å². The molecule has 0 aliphatic carbocycles. The lowest BCUT2D eigenvalue weighted by Gasteiger charge is -2.40. The third-order valence-corrected chi connectivity index (χ3v) is 7.05. The molecule has 1 aromatic heterocycles. The van der Waals surface area contributed by atoms with E-state index in [1.165, 1.54) is 4.31 Å². The number of hydrogen-bond acceptors (Lipinski definition) is 7. The highest BCUT2D eigenvalue weighted by Gasteiger charge is 2.53. The number of alkyl halides is 2. The van der Waals surface area contributed by atoms with Gasteiger partial charge in [-0.1, -0.05) is 0 Å². The fourth-order valence-electron chi connectivity index (χ4n) is 3.30. The lowest BCUT2D eigenvalue weighted by Crippen LogP contribution is -2.58. The van der Waals surface area contributed by atoms with Crippen LogP contribution in [-0.4, -0.2) is 56.4 Å². The van der Waals surface area contributed by atoms with E-state index in [4.69, 9.17) is 10.5 Å². The molecule has 3 N–H and O–H groups in total. The van der Waals surface area contributed by atoms with Crippen molar-refractivity contribution >= 4 is 27.8 Å². The van der Waals surface area contributed by atoms with Crippen molar-refractivity contribution in [1.82, 2.24) is 14.6 Å². The first-order valence-electron chi connectivity index (χ1n) is 9.65. The van der Waals surface area contributed by atoms with Crippen molar-refractivity contribution in [3.63, 3.8) is 0 Å². The van der Waals surface area contributed by atoms with Gasteiger partial charge in [-0.3, -0.25) is 9.62 Å². The molecule has 31 heavy (non-hydrogen) atoms. The Morgan fingerprint density at radius 1 is 1.35 bits per heavy atom. The van der Waals surface area contributed by atoms with E-state index in [9.17, 15) is 22.2 Å². The molecule has 1 amide bonds. The van der Waals surface area contributed by atoms with Gasteiger partial charge < -0.3 is 10.5 Å². The third-order valence-electron chi connectivity index (χ3n) is 4.61. The number of ether oxygens (including phenoxy) is 1. The summed E-state index contributed by atoms with van der Waals surface area (Å²) in [4.78, 5) is 20.1. The van der Waals surface area contributed by atoms with Gasteiger partial charge >= 0.3 is 6.09 Å². The maximum Gasteiger partial charge on any atom is 0.414 e. The van der Waals surface area contributed by atoms with E-state index in [-0.39, 0.29) is 18.9 Å². The van der Waals surface area contributed by atoms with Crippen molar-refractivity contribution in [2.75, 3.05) is 24.6 Å². The molecule has 0 spiro atoms. The molecule has 0 radical (unpaired) electrons. The second kappa shape index (κ2) is 8.17. The average Bonchev–Trinajstić information content (AvgIpc) is 2.83. The van der Waals surface area contributed by atoms with Crippen LogP contribution >= 0.6 is 0 Å². The van der Waals surface area contributed by atoms with E-state index in [1.807, 2.05) is 0 Å². The second-order valence-electron chi connectivity index (χ2n) is 8.27. The quantitative estimate of drug-likeness (QED) is 0.700. The van der Waals surface area contributed by atoms with Crippen LogP contribution in [0, 0.1) is 5.82 Å². The maximum absolute atomic E-state index is 14.6. The van der Waals surface area contributed by atoms with Crippen molar-refractivity contribution < 1.29 is 26.9 Å². The summed E-state index contributed by atoms with van der Waals surface area (Å²) in [6.45, 7) is 5.18. The largest absolute Gasteiger partial charge is 0.444 e. The summed E-state index contributed by atoms with van der Waals surface area (Å²) in [6.07, 6.45) is -3.18. The van der Waals surface area contributed by atoms with Crippen LogP contribution in [0.15, 0.2) is 21.5 Å². The number of aliphatic imine (C=N–C) groups is 1. The number of carbonyl (C=O) groups is 1. The van der Waals surface area contributed by atoms with Gasteiger partial charge in [0.2, 0.25) is 5.96 Å². The summed E-state index contributed by atoms with van der Waals surface area (Å²) >= 11 is 0. The lowest BCUT2D eigenvalue weighted by atomic mass is 9.97. The van der Waals surface area contributed by atoms with Gasteiger partial charge in [0.05, 0.1) is 12.3 Å². The summed E-state index contributed by atoms with van der Waals surface area (Å²) in [7, 11) is -3.51. The van der Waals surface area contributed by atoms with Crippen LogP contribution in [0.25, 0.3) is 0 Å². The molecule has 2 aliphatic heterocycles. The number of halogens is 3. The Bertz CT molecular complexity index is 1020. The number of guanidine groups is 1. The Labute approximate surface area is 178 Å². The Morgan fingerprint density at radius 2 is 2.06 bits per heavy atom. The van der Waals surface area contributed by atoms with Crippen LogP contribution in [0.2, 0.25) is 0 Å². The molecule has 1 unspecified atom stereocenters. The van der Waals surface area contributed by atoms with Crippen molar-refractivity contribution in [1.29, 1.82) is 0 Å². The van der Waals surface area contributed by atoms with Crippen LogP contribution in [0.5, 0.6) is 0 Å². The Morgan fingerprint density at radius 3 is 2.71 bits per heavy atom. The number of hydrogen-bond donors (Lipinski definition) is 2. The minimum Gasteiger partial charge on any atom is -0.444 e. The summed E-state index contributed by atoms with van der Waals surface area (Å²) in [5, 5.41) is 2.30. The minimum absolute atomic E-state index is 0.156. The first-order valence-corrected chi connectivity index (χ1v) is 11.3. The summed E-state index contributed by atoms with van der Waals surface area (Å²) < 4.78 is 67.9. The summed E-state index contributed by atoms with van der Waals surface area (Å²) in [5.41, 5.74) is 1.30. The number of fused-ring (bicyclic) bond motifs is 1. The number of nitrogens with zero attached hydrogens (tertiary/aromatic N) is 4.